The first-order valence-corrected chi connectivity index (χ1v) is 9.71. The van der Waals surface area contributed by atoms with Gasteiger partial charge in [0.15, 0.2) is 5.11 Å². The standard InChI is InChI=1S/C20H17ClN2O2S2/c1-12(2)11-25-15-9-5-4-8-14(15)22-20(26)23-19(24)18-17(21)13-7-3-6-10-16(13)27-18/h3-10H,1,11H2,2H3,(H2,22,23,24,26). The zero-order chi connectivity index (χ0) is 19.4. The van der Waals surface area contributed by atoms with Crippen LogP contribution in [-0.2, 0) is 0 Å². The number of amides is 1. The maximum Gasteiger partial charge on any atom is 0.269 e. The SMILES string of the molecule is C=C(C)COc1ccccc1NC(=S)NC(=O)c1sc2ccccc2c1Cl. The molecule has 1 aromatic heterocycles. The molecule has 0 aliphatic carbocycles. The van der Waals surface area contributed by atoms with Crippen LogP contribution < -0.4 is 15.4 Å². The third kappa shape index (κ3) is 4.66. The van der Waals surface area contributed by atoms with Crippen LogP contribution in [0, 0.1) is 0 Å². The average molecular weight is 417 g/mol. The molecule has 0 bridgehead atoms. The van der Waals surface area contributed by atoms with Gasteiger partial charge in [-0.2, -0.15) is 0 Å². The van der Waals surface area contributed by atoms with Gasteiger partial charge in [-0.3, -0.25) is 10.1 Å². The fourth-order valence-corrected chi connectivity index (χ4v) is 3.99. The molecule has 0 aliphatic heterocycles. The maximum absolute atomic E-state index is 12.6. The van der Waals surface area contributed by atoms with Crippen molar-refractivity contribution in [2.75, 3.05) is 11.9 Å². The van der Waals surface area contributed by atoms with Crippen LogP contribution in [-0.4, -0.2) is 17.6 Å². The van der Waals surface area contributed by atoms with E-state index in [1.165, 1.54) is 11.3 Å². The molecule has 1 heterocycles. The second-order valence-corrected chi connectivity index (χ2v) is 7.73. The number of thiophene rings is 1. The number of hydrogen-bond donors (Lipinski definition) is 2. The number of anilines is 1. The van der Waals surface area contributed by atoms with E-state index >= 15 is 0 Å². The summed E-state index contributed by atoms with van der Waals surface area (Å²) in [6.45, 7) is 6.10. The van der Waals surface area contributed by atoms with Crippen LogP contribution in [0.2, 0.25) is 5.02 Å². The molecule has 0 fully saturated rings. The zero-order valence-electron chi connectivity index (χ0n) is 14.5. The second kappa shape index (κ2) is 8.52. The van der Waals surface area contributed by atoms with Crippen molar-refractivity contribution in [1.82, 2.24) is 5.32 Å². The van der Waals surface area contributed by atoms with Crippen LogP contribution in [0.1, 0.15) is 16.6 Å². The molecule has 0 spiro atoms. The lowest BCUT2D eigenvalue weighted by Gasteiger charge is -2.14. The van der Waals surface area contributed by atoms with Gasteiger partial charge in [0.1, 0.15) is 17.2 Å². The first-order valence-electron chi connectivity index (χ1n) is 8.11. The van der Waals surface area contributed by atoms with Crippen LogP contribution in [0.15, 0.2) is 60.7 Å². The number of hydrogen-bond acceptors (Lipinski definition) is 4. The Morgan fingerprint density at radius 3 is 2.67 bits per heavy atom. The summed E-state index contributed by atoms with van der Waals surface area (Å²) in [4.78, 5) is 13.0. The molecular weight excluding hydrogens is 400 g/mol. The van der Waals surface area contributed by atoms with Gasteiger partial charge in [0.2, 0.25) is 0 Å². The highest BCUT2D eigenvalue weighted by Crippen LogP contribution is 2.35. The number of ether oxygens (including phenoxy) is 1. The van der Waals surface area contributed by atoms with Gasteiger partial charge in [-0.1, -0.05) is 48.5 Å². The summed E-state index contributed by atoms with van der Waals surface area (Å²) in [5.41, 5.74) is 1.56. The van der Waals surface area contributed by atoms with E-state index in [0.717, 1.165) is 15.7 Å². The highest BCUT2D eigenvalue weighted by molar-refractivity contribution is 7.80. The molecule has 2 N–H and O–H groups in total. The number of carbonyl (C=O) groups excluding carboxylic acids is 1. The topological polar surface area (TPSA) is 50.4 Å². The van der Waals surface area contributed by atoms with Crippen molar-refractivity contribution in [3.8, 4) is 5.75 Å². The molecule has 4 nitrogen and oxygen atoms in total. The lowest BCUT2D eigenvalue weighted by molar-refractivity contribution is 0.0982. The highest BCUT2D eigenvalue weighted by Gasteiger charge is 2.18. The van der Waals surface area contributed by atoms with Gasteiger partial charge < -0.3 is 10.1 Å². The van der Waals surface area contributed by atoms with E-state index in [9.17, 15) is 4.79 Å². The number of para-hydroxylation sites is 2. The Balaban J connectivity index is 1.71. The van der Waals surface area contributed by atoms with Crippen LogP contribution >= 0.6 is 35.2 Å². The van der Waals surface area contributed by atoms with E-state index < -0.39 is 0 Å². The Hall–Kier alpha value is -2.41. The van der Waals surface area contributed by atoms with E-state index in [-0.39, 0.29) is 11.0 Å². The molecule has 0 radical (unpaired) electrons. The highest BCUT2D eigenvalue weighted by atomic mass is 35.5. The van der Waals surface area contributed by atoms with Crippen LogP contribution in [0.4, 0.5) is 5.69 Å². The Morgan fingerprint density at radius 1 is 1.22 bits per heavy atom. The molecular formula is C20H17ClN2O2S2. The van der Waals surface area contributed by atoms with E-state index in [1.807, 2.05) is 55.5 Å². The molecule has 0 atom stereocenters. The van der Waals surface area contributed by atoms with E-state index in [4.69, 9.17) is 28.6 Å². The minimum absolute atomic E-state index is 0.167. The molecule has 1 amide bonds. The van der Waals surface area contributed by atoms with E-state index in [2.05, 4.69) is 17.2 Å². The van der Waals surface area contributed by atoms with Crippen LogP contribution in [0.3, 0.4) is 0 Å². The quantitative estimate of drug-likeness (QED) is 0.417. The van der Waals surface area contributed by atoms with Crippen molar-refractivity contribution in [2.45, 2.75) is 6.92 Å². The molecule has 27 heavy (non-hydrogen) atoms. The first-order chi connectivity index (χ1) is 13.0. The van der Waals surface area contributed by atoms with Gasteiger partial charge in [0.05, 0.1) is 10.7 Å². The fourth-order valence-electron chi connectivity index (χ4n) is 2.37. The molecule has 2 aromatic carbocycles. The summed E-state index contributed by atoms with van der Waals surface area (Å²) >= 11 is 13.0. The molecule has 0 aliphatic rings. The first kappa shape index (κ1) is 19.4. The van der Waals surface area contributed by atoms with Crippen molar-refractivity contribution in [3.05, 3.63) is 70.6 Å². The maximum atomic E-state index is 12.6. The zero-order valence-corrected chi connectivity index (χ0v) is 16.9. The predicted octanol–water partition coefficient (Wildman–Crippen LogP) is 5.64. The minimum atomic E-state index is -0.348. The molecule has 3 aromatic rings. The summed E-state index contributed by atoms with van der Waals surface area (Å²) < 4.78 is 6.64. The predicted molar refractivity (Wildman–Crippen MR) is 117 cm³/mol. The summed E-state index contributed by atoms with van der Waals surface area (Å²) in [5, 5.41) is 7.12. The Bertz CT molecular complexity index is 1030. The van der Waals surface area contributed by atoms with Crippen molar-refractivity contribution >= 4 is 61.9 Å². The Kier molecular flexibility index (Phi) is 6.11. The van der Waals surface area contributed by atoms with Gasteiger partial charge in [0.25, 0.3) is 5.91 Å². The van der Waals surface area contributed by atoms with Crippen molar-refractivity contribution in [3.63, 3.8) is 0 Å². The summed E-state index contributed by atoms with van der Waals surface area (Å²) in [6.07, 6.45) is 0. The summed E-state index contributed by atoms with van der Waals surface area (Å²) in [6, 6.07) is 14.9. The van der Waals surface area contributed by atoms with Gasteiger partial charge in [-0.15, -0.1) is 11.3 Å². The number of benzene rings is 2. The molecule has 0 saturated heterocycles. The fraction of sp³-hybridized carbons (Fsp3) is 0.100. The number of rotatable bonds is 5. The number of carbonyl (C=O) groups is 1. The smallest absolute Gasteiger partial charge is 0.269 e. The Labute approximate surface area is 171 Å². The van der Waals surface area contributed by atoms with E-state index in [0.29, 0.717) is 27.9 Å². The van der Waals surface area contributed by atoms with Crippen molar-refractivity contribution in [1.29, 1.82) is 0 Å². The molecule has 0 saturated carbocycles. The van der Waals surface area contributed by atoms with Crippen LogP contribution in [0.5, 0.6) is 5.75 Å². The molecule has 3 rings (SSSR count). The third-order valence-electron chi connectivity index (χ3n) is 3.58. The average Bonchev–Trinajstić information content (AvgIpc) is 2.98. The Morgan fingerprint density at radius 2 is 1.93 bits per heavy atom. The normalized spacial score (nSPS) is 10.4. The van der Waals surface area contributed by atoms with Gasteiger partial charge in [-0.05, 0) is 42.9 Å². The van der Waals surface area contributed by atoms with Crippen molar-refractivity contribution in [2.24, 2.45) is 0 Å². The number of nitrogens with one attached hydrogen (secondary N) is 2. The molecule has 0 unspecified atom stereocenters. The van der Waals surface area contributed by atoms with E-state index in [1.54, 1.807) is 0 Å². The van der Waals surface area contributed by atoms with Crippen LogP contribution in [0.25, 0.3) is 10.1 Å². The monoisotopic (exact) mass is 416 g/mol. The van der Waals surface area contributed by atoms with Gasteiger partial charge in [0, 0.05) is 10.1 Å². The lowest BCUT2D eigenvalue weighted by atomic mass is 10.2. The number of fused-ring (bicyclic) bond motifs is 1. The second-order valence-electron chi connectivity index (χ2n) is 5.89. The minimum Gasteiger partial charge on any atom is -0.487 e. The number of halogens is 1. The lowest BCUT2D eigenvalue weighted by Crippen LogP contribution is -2.33. The van der Waals surface area contributed by atoms with Gasteiger partial charge >= 0.3 is 0 Å². The number of thiocarbonyl (C=S) groups is 1. The summed E-state index contributed by atoms with van der Waals surface area (Å²) in [5.74, 6) is 0.274. The van der Waals surface area contributed by atoms with Gasteiger partial charge in [-0.25, -0.2) is 0 Å². The van der Waals surface area contributed by atoms with Crippen molar-refractivity contribution < 1.29 is 9.53 Å². The third-order valence-corrected chi connectivity index (χ3v) is 5.46. The largest absolute Gasteiger partial charge is 0.487 e. The molecule has 138 valence electrons. The summed E-state index contributed by atoms with van der Waals surface area (Å²) in [7, 11) is 0. The molecule has 7 heteroatoms.